The van der Waals surface area contributed by atoms with Gasteiger partial charge in [0.1, 0.15) is 4.90 Å². The number of nitrogen functional groups attached to an aromatic ring is 1. The van der Waals surface area contributed by atoms with E-state index in [1.54, 1.807) is 0 Å². The predicted molar refractivity (Wildman–Crippen MR) is 73.2 cm³/mol. The summed E-state index contributed by atoms with van der Waals surface area (Å²) in [6.45, 7) is 3.73. The Morgan fingerprint density at radius 2 is 1.94 bits per heavy atom. The van der Waals surface area contributed by atoms with Crippen LogP contribution in [0.4, 0.5) is 10.1 Å². The number of hydrogen-bond acceptors (Lipinski definition) is 3. The topological polar surface area (TPSA) is 72.2 Å². The van der Waals surface area contributed by atoms with Crippen LogP contribution in [0.1, 0.15) is 26.7 Å². The predicted octanol–water partition coefficient (Wildman–Crippen LogP) is 2.64. The molecule has 0 aliphatic heterocycles. The molecular formula is C11H16BrFN2O2S. The Kier molecular flexibility index (Phi) is 5.12. The second kappa shape index (κ2) is 5.99. The molecular weight excluding hydrogens is 323 g/mol. The first kappa shape index (κ1) is 15.4. The molecule has 0 aromatic heterocycles. The van der Waals surface area contributed by atoms with Crippen molar-refractivity contribution in [1.82, 2.24) is 4.72 Å². The van der Waals surface area contributed by atoms with Gasteiger partial charge in [-0.2, -0.15) is 0 Å². The Hall–Kier alpha value is -0.660. The van der Waals surface area contributed by atoms with Crippen LogP contribution in [-0.2, 0) is 10.0 Å². The highest BCUT2D eigenvalue weighted by Gasteiger charge is 2.23. The summed E-state index contributed by atoms with van der Waals surface area (Å²) in [5.74, 6) is -0.831. The van der Waals surface area contributed by atoms with Crippen LogP contribution in [0, 0.1) is 5.82 Å². The molecule has 0 fully saturated rings. The van der Waals surface area contributed by atoms with E-state index in [1.165, 1.54) is 6.07 Å². The van der Waals surface area contributed by atoms with Gasteiger partial charge in [0.05, 0.1) is 4.47 Å². The molecule has 3 N–H and O–H groups in total. The number of rotatable bonds is 5. The Morgan fingerprint density at radius 1 is 1.39 bits per heavy atom. The van der Waals surface area contributed by atoms with Crippen LogP contribution in [0.25, 0.3) is 0 Å². The minimum Gasteiger partial charge on any atom is -0.399 e. The van der Waals surface area contributed by atoms with Gasteiger partial charge in [-0.1, -0.05) is 13.8 Å². The largest absolute Gasteiger partial charge is 0.399 e. The van der Waals surface area contributed by atoms with E-state index in [0.29, 0.717) is 12.8 Å². The SMILES string of the molecule is CCC(CC)NS(=O)(=O)c1cc(N)cc(Br)c1F. The quantitative estimate of drug-likeness (QED) is 0.810. The van der Waals surface area contributed by atoms with Crippen molar-refractivity contribution >= 4 is 31.6 Å². The van der Waals surface area contributed by atoms with Crippen LogP contribution in [0.5, 0.6) is 0 Å². The standard InChI is InChI=1S/C11H16BrFN2O2S/c1-3-8(4-2)15-18(16,17)10-6-7(14)5-9(12)11(10)13/h5-6,8,15H,3-4,14H2,1-2H3. The summed E-state index contributed by atoms with van der Waals surface area (Å²) in [4.78, 5) is -0.429. The van der Waals surface area contributed by atoms with Crippen molar-refractivity contribution in [1.29, 1.82) is 0 Å². The molecule has 0 atom stereocenters. The summed E-state index contributed by atoms with van der Waals surface area (Å²) in [5, 5.41) is 0. The van der Waals surface area contributed by atoms with Gasteiger partial charge < -0.3 is 5.73 Å². The number of nitrogens with one attached hydrogen (secondary N) is 1. The monoisotopic (exact) mass is 338 g/mol. The third-order valence-corrected chi connectivity index (χ3v) is 4.71. The first-order chi connectivity index (χ1) is 8.31. The molecule has 0 aliphatic carbocycles. The Bertz CT molecular complexity index is 530. The summed E-state index contributed by atoms with van der Waals surface area (Å²) < 4.78 is 40.4. The smallest absolute Gasteiger partial charge is 0.243 e. The lowest BCUT2D eigenvalue weighted by Gasteiger charge is -2.16. The maximum Gasteiger partial charge on any atom is 0.243 e. The average molecular weight is 339 g/mol. The van der Waals surface area contributed by atoms with Gasteiger partial charge in [-0.05, 0) is 40.9 Å². The minimum absolute atomic E-state index is 0.0346. The van der Waals surface area contributed by atoms with Gasteiger partial charge in [-0.25, -0.2) is 17.5 Å². The molecule has 0 spiro atoms. The second-order valence-electron chi connectivity index (χ2n) is 3.95. The van der Waals surface area contributed by atoms with Crippen molar-refractivity contribution in [3.05, 3.63) is 22.4 Å². The molecule has 0 saturated carbocycles. The lowest BCUT2D eigenvalue weighted by Crippen LogP contribution is -2.34. The molecule has 4 nitrogen and oxygen atoms in total. The third kappa shape index (κ3) is 3.43. The fraction of sp³-hybridized carbons (Fsp3) is 0.455. The van der Waals surface area contributed by atoms with Crippen molar-refractivity contribution in [3.8, 4) is 0 Å². The molecule has 0 heterocycles. The molecule has 1 rings (SSSR count). The van der Waals surface area contributed by atoms with Crippen molar-refractivity contribution in [3.63, 3.8) is 0 Å². The van der Waals surface area contributed by atoms with E-state index in [9.17, 15) is 12.8 Å². The summed E-state index contributed by atoms with van der Waals surface area (Å²) in [6, 6.07) is 2.23. The average Bonchev–Trinajstić information content (AvgIpc) is 2.30. The molecule has 0 aliphatic rings. The van der Waals surface area contributed by atoms with Crippen LogP contribution in [0.2, 0.25) is 0 Å². The highest BCUT2D eigenvalue weighted by Crippen LogP contribution is 2.26. The van der Waals surface area contributed by atoms with Crippen molar-refractivity contribution in [2.45, 2.75) is 37.6 Å². The van der Waals surface area contributed by atoms with E-state index >= 15 is 0 Å². The highest BCUT2D eigenvalue weighted by molar-refractivity contribution is 9.10. The molecule has 18 heavy (non-hydrogen) atoms. The van der Waals surface area contributed by atoms with E-state index in [1.807, 2.05) is 13.8 Å². The molecule has 1 aromatic carbocycles. The van der Waals surface area contributed by atoms with Gasteiger partial charge >= 0.3 is 0 Å². The number of hydrogen-bond donors (Lipinski definition) is 2. The maximum absolute atomic E-state index is 13.8. The lowest BCUT2D eigenvalue weighted by atomic mass is 10.2. The molecule has 0 radical (unpaired) electrons. The van der Waals surface area contributed by atoms with Gasteiger partial charge in [-0.15, -0.1) is 0 Å². The van der Waals surface area contributed by atoms with E-state index in [2.05, 4.69) is 20.7 Å². The minimum atomic E-state index is -3.89. The molecule has 0 bridgehead atoms. The van der Waals surface area contributed by atoms with Crippen LogP contribution < -0.4 is 10.5 Å². The zero-order valence-corrected chi connectivity index (χ0v) is 12.6. The molecule has 102 valence electrons. The van der Waals surface area contributed by atoms with Crippen molar-refractivity contribution < 1.29 is 12.8 Å². The fourth-order valence-corrected chi connectivity index (χ4v) is 3.66. The summed E-state index contributed by atoms with van der Waals surface area (Å²) >= 11 is 2.94. The summed E-state index contributed by atoms with van der Waals surface area (Å²) in [5.41, 5.74) is 5.72. The number of halogens is 2. The maximum atomic E-state index is 13.8. The molecule has 1 aromatic rings. The zero-order valence-electron chi connectivity index (χ0n) is 10.2. The van der Waals surface area contributed by atoms with Crippen LogP contribution >= 0.6 is 15.9 Å². The number of sulfonamides is 1. The van der Waals surface area contributed by atoms with Crippen LogP contribution in [0.15, 0.2) is 21.5 Å². The third-order valence-electron chi connectivity index (χ3n) is 2.61. The molecule has 7 heteroatoms. The molecule has 0 amide bonds. The Morgan fingerprint density at radius 3 is 2.44 bits per heavy atom. The zero-order chi connectivity index (χ0) is 13.9. The number of benzene rings is 1. The van der Waals surface area contributed by atoms with Gasteiger partial charge in [0, 0.05) is 11.7 Å². The van der Waals surface area contributed by atoms with E-state index in [-0.39, 0.29) is 16.2 Å². The van der Waals surface area contributed by atoms with Gasteiger partial charge in [0.2, 0.25) is 10.0 Å². The van der Waals surface area contributed by atoms with E-state index in [0.717, 1.165) is 6.07 Å². The van der Waals surface area contributed by atoms with Gasteiger partial charge in [0.15, 0.2) is 5.82 Å². The lowest BCUT2D eigenvalue weighted by molar-refractivity contribution is 0.519. The fourth-order valence-electron chi connectivity index (χ4n) is 1.52. The highest BCUT2D eigenvalue weighted by atomic mass is 79.9. The first-order valence-electron chi connectivity index (χ1n) is 5.58. The molecule has 0 saturated heterocycles. The van der Waals surface area contributed by atoms with Crippen LogP contribution in [-0.4, -0.2) is 14.5 Å². The Labute approximate surface area is 115 Å². The number of nitrogens with two attached hydrogens (primary N) is 1. The Balaban J connectivity index is 3.20. The summed E-state index contributed by atoms with van der Waals surface area (Å²) in [7, 11) is -3.89. The van der Waals surface area contributed by atoms with E-state index in [4.69, 9.17) is 5.73 Å². The first-order valence-corrected chi connectivity index (χ1v) is 7.86. The summed E-state index contributed by atoms with van der Waals surface area (Å²) in [6.07, 6.45) is 1.28. The van der Waals surface area contributed by atoms with E-state index < -0.39 is 20.7 Å². The van der Waals surface area contributed by atoms with Crippen molar-refractivity contribution in [2.24, 2.45) is 0 Å². The number of anilines is 1. The molecule has 0 unspecified atom stereocenters. The normalized spacial score (nSPS) is 12.1. The van der Waals surface area contributed by atoms with Gasteiger partial charge in [0.25, 0.3) is 0 Å². The van der Waals surface area contributed by atoms with Crippen molar-refractivity contribution in [2.75, 3.05) is 5.73 Å². The second-order valence-corrected chi connectivity index (χ2v) is 6.49. The van der Waals surface area contributed by atoms with Gasteiger partial charge in [-0.3, -0.25) is 0 Å². The van der Waals surface area contributed by atoms with Crippen LogP contribution in [0.3, 0.4) is 0 Å².